The van der Waals surface area contributed by atoms with Gasteiger partial charge in [-0.15, -0.1) is 0 Å². The molecule has 9 heteroatoms. The van der Waals surface area contributed by atoms with E-state index in [0.29, 0.717) is 36.2 Å². The number of fused-ring (bicyclic) bond motifs is 1. The molecule has 0 aliphatic rings. The van der Waals surface area contributed by atoms with Crippen molar-refractivity contribution in [3.8, 4) is 22.8 Å². The summed E-state index contributed by atoms with van der Waals surface area (Å²) in [5.41, 5.74) is 4.82. The summed E-state index contributed by atoms with van der Waals surface area (Å²) in [5, 5.41) is 7.51. The minimum Gasteiger partial charge on any atom is -0.491 e. The molecular weight excluding hydrogens is 456 g/mol. The second kappa shape index (κ2) is 10.3. The van der Waals surface area contributed by atoms with Crippen LogP contribution in [-0.2, 0) is 4.74 Å². The fourth-order valence-corrected chi connectivity index (χ4v) is 3.71. The van der Waals surface area contributed by atoms with Gasteiger partial charge in [-0.25, -0.2) is 9.67 Å². The normalized spacial score (nSPS) is 10.9. The van der Waals surface area contributed by atoms with Gasteiger partial charge in [0, 0.05) is 36.4 Å². The van der Waals surface area contributed by atoms with Crippen molar-refractivity contribution in [3.63, 3.8) is 0 Å². The number of methoxy groups -OCH3 is 1. The molecule has 5 aromatic rings. The van der Waals surface area contributed by atoms with E-state index in [2.05, 4.69) is 25.4 Å². The van der Waals surface area contributed by atoms with E-state index < -0.39 is 0 Å². The Morgan fingerprint density at radius 3 is 2.53 bits per heavy atom. The first-order valence-corrected chi connectivity index (χ1v) is 11.4. The number of hydrogen-bond donors (Lipinski definition) is 1. The van der Waals surface area contributed by atoms with Gasteiger partial charge in [-0.1, -0.05) is 12.1 Å². The summed E-state index contributed by atoms with van der Waals surface area (Å²) < 4.78 is 12.2. The molecule has 0 saturated carbocycles. The van der Waals surface area contributed by atoms with Crippen molar-refractivity contribution >= 4 is 22.6 Å². The summed E-state index contributed by atoms with van der Waals surface area (Å²) in [6.45, 7) is 2.87. The summed E-state index contributed by atoms with van der Waals surface area (Å²) in [6.07, 6.45) is 3.31. The number of ether oxygens (including phenoxy) is 2. The van der Waals surface area contributed by atoms with Gasteiger partial charge in [0.1, 0.15) is 12.4 Å². The number of aryl methyl sites for hydroxylation is 1. The lowest BCUT2D eigenvalue weighted by Crippen LogP contribution is -2.13. The molecular formula is C27H24N6O3. The van der Waals surface area contributed by atoms with E-state index in [1.807, 2.05) is 43.3 Å². The highest BCUT2D eigenvalue weighted by Crippen LogP contribution is 2.26. The van der Waals surface area contributed by atoms with Crippen LogP contribution in [0, 0.1) is 6.92 Å². The minimum atomic E-state index is -0.337. The van der Waals surface area contributed by atoms with Crippen LogP contribution in [0.15, 0.2) is 79.1 Å². The molecule has 1 N–H and O–H groups in total. The minimum absolute atomic E-state index is 0.257. The molecule has 0 fully saturated rings. The molecule has 0 saturated heterocycles. The summed E-state index contributed by atoms with van der Waals surface area (Å²) in [7, 11) is 1.62. The van der Waals surface area contributed by atoms with E-state index in [0.717, 1.165) is 22.3 Å². The lowest BCUT2D eigenvalue weighted by atomic mass is 10.1. The quantitative estimate of drug-likeness (QED) is 0.327. The Balaban J connectivity index is 1.46. The van der Waals surface area contributed by atoms with Crippen molar-refractivity contribution in [2.24, 2.45) is 0 Å². The van der Waals surface area contributed by atoms with Crippen LogP contribution < -0.4 is 10.1 Å². The summed E-state index contributed by atoms with van der Waals surface area (Å²) >= 11 is 0. The van der Waals surface area contributed by atoms with Gasteiger partial charge in [0.15, 0.2) is 11.5 Å². The monoisotopic (exact) mass is 480 g/mol. The number of carbonyl (C=O) groups is 1. The molecule has 3 aromatic heterocycles. The highest BCUT2D eigenvalue weighted by molar-refractivity contribution is 6.03. The first-order chi connectivity index (χ1) is 17.6. The number of anilines is 1. The lowest BCUT2D eigenvalue weighted by molar-refractivity contribution is 0.102. The number of pyridine rings is 1. The van der Waals surface area contributed by atoms with Gasteiger partial charge in [-0.3, -0.25) is 14.8 Å². The van der Waals surface area contributed by atoms with Crippen LogP contribution in [-0.4, -0.2) is 51.0 Å². The summed E-state index contributed by atoms with van der Waals surface area (Å²) in [4.78, 5) is 26.5. The molecule has 180 valence electrons. The Morgan fingerprint density at radius 2 is 1.75 bits per heavy atom. The maximum absolute atomic E-state index is 13.1. The van der Waals surface area contributed by atoms with Gasteiger partial charge in [-0.05, 0) is 61.5 Å². The maximum Gasteiger partial charge on any atom is 0.276 e. The number of nitrogens with one attached hydrogen (secondary N) is 1. The zero-order valence-corrected chi connectivity index (χ0v) is 19.9. The van der Waals surface area contributed by atoms with Gasteiger partial charge in [0.05, 0.1) is 23.3 Å². The van der Waals surface area contributed by atoms with E-state index in [1.54, 1.807) is 54.5 Å². The van der Waals surface area contributed by atoms with Gasteiger partial charge in [-0.2, -0.15) is 5.10 Å². The van der Waals surface area contributed by atoms with Crippen molar-refractivity contribution in [2.75, 3.05) is 25.6 Å². The number of amides is 1. The van der Waals surface area contributed by atoms with Crippen molar-refractivity contribution < 1.29 is 14.3 Å². The number of nitrogens with zero attached hydrogens (tertiary/aromatic N) is 5. The van der Waals surface area contributed by atoms with Crippen LogP contribution in [0.5, 0.6) is 5.75 Å². The molecule has 1 amide bonds. The predicted octanol–water partition coefficient (Wildman–Crippen LogP) is 4.46. The van der Waals surface area contributed by atoms with Crippen LogP contribution in [0.4, 0.5) is 5.69 Å². The predicted molar refractivity (Wildman–Crippen MR) is 136 cm³/mol. The molecule has 5 rings (SSSR count). The van der Waals surface area contributed by atoms with E-state index in [1.165, 1.54) is 0 Å². The van der Waals surface area contributed by atoms with Crippen LogP contribution in [0.2, 0.25) is 0 Å². The van der Waals surface area contributed by atoms with Crippen LogP contribution in [0.3, 0.4) is 0 Å². The van der Waals surface area contributed by atoms with Crippen molar-refractivity contribution in [1.82, 2.24) is 24.7 Å². The Labute approximate surface area is 207 Å². The number of hydrogen-bond acceptors (Lipinski definition) is 7. The lowest BCUT2D eigenvalue weighted by Gasteiger charge is -2.08. The fourth-order valence-electron chi connectivity index (χ4n) is 3.71. The highest BCUT2D eigenvalue weighted by Gasteiger charge is 2.18. The molecule has 0 aliphatic heterocycles. The second-order valence-corrected chi connectivity index (χ2v) is 8.04. The Morgan fingerprint density at radius 1 is 0.944 bits per heavy atom. The third-order valence-corrected chi connectivity index (χ3v) is 5.47. The first kappa shape index (κ1) is 23.1. The maximum atomic E-state index is 13.1. The molecule has 9 nitrogen and oxygen atoms in total. The van der Waals surface area contributed by atoms with Crippen LogP contribution >= 0.6 is 0 Å². The first-order valence-electron chi connectivity index (χ1n) is 11.4. The third kappa shape index (κ3) is 5.06. The average molecular weight is 481 g/mol. The molecule has 0 spiro atoms. The molecule has 0 radical (unpaired) electrons. The largest absolute Gasteiger partial charge is 0.491 e. The average Bonchev–Trinajstić information content (AvgIpc) is 3.35. The van der Waals surface area contributed by atoms with E-state index in [9.17, 15) is 4.79 Å². The standard InChI is InChI=1S/C27H24N6O3/c1-18-4-3-5-26(30-18)33-25(19-6-11-22-23(16-19)29-13-12-28-22)17-24(32-33)27(34)31-20-7-9-21(10-8-20)36-15-14-35-2/h3-13,16-17H,14-15H2,1-2H3,(H,31,34). The van der Waals surface area contributed by atoms with Crippen molar-refractivity contribution in [1.29, 1.82) is 0 Å². The van der Waals surface area contributed by atoms with Crippen LogP contribution in [0.25, 0.3) is 28.1 Å². The Kier molecular flexibility index (Phi) is 6.63. The third-order valence-electron chi connectivity index (χ3n) is 5.47. The van der Waals surface area contributed by atoms with Crippen molar-refractivity contribution in [3.05, 3.63) is 90.5 Å². The molecule has 3 heterocycles. The molecule has 0 atom stereocenters. The van der Waals surface area contributed by atoms with Gasteiger partial charge < -0.3 is 14.8 Å². The van der Waals surface area contributed by atoms with E-state index in [-0.39, 0.29) is 11.6 Å². The van der Waals surface area contributed by atoms with Crippen LogP contribution in [0.1, 0.15) is 16.2 Å². The molecule has 36 heavy (non-hydrogen) atoms. The topological polar surface area (TPSA) is 104 Å². The molecule has 0 bridgehead atoms. The Hall–Kier alpha value is -4.63. The summed E-state index contributed by atoms with van der Waals surface area (Å²) in [5.74, 6) is 0.971. The number of carbonyl (C=O) groups excluding carboxylic acids is 1. The Bertz CT molecular complexity index is 1510. The fraction of sp³-hybridized carbons (Fsp3) is 0.148. The van der Waals surface area contributed by atoms with Crippen molar-refractivity contribution in [2.45, 2.75) is 6.92 Å². The number of benzene rings is 2. The van der Waals surface area contributed by atoms with Gasteiger partial charge in [0.25, 0.3) is 5.91 Å². The van der Waals surface area contributed by atoms with Gasteiger partial charge >= 0.3 is 0 Å². The zero-order chi connectivity index (χ0) is 24.9. The molecule has 0 unspecified atom stereocenters. The zero-order valence-electron chi connectivity index (χ0n) is 19.9. The second-order valence-electron chi connectivity index (χ2n) is 8.04. The van der Waals surface area contributed by atoms with E-state index >= 15 is 0 Å². The molecule has 0 aliphatic carbocycles. The molecule has 2 aromatic carbocycles. The number of rotatable bonds is 8. The summed E-state index contributed by atoms with van der Waals surface area (Å²) in [6, 6.07) is 20.3. The SMILES string of the molecule is COCCOc1ccc(NC(=O)c2cc(-c3ccc4nccnc4c3)n(-c3cccc(C)n3)n2)cc1. The van der Waals surface area contributed by atoms with Gasteiger partial charge in [0.2, 0.25) is 0 Å². The van der Waals surface area contributed by atoms with E-state index in [4.69, 9.17) is 9.47 Å². The smallest absolute Gasteiger partial charge is 0.276 e. The highest BCUT2D eigenvalue weighted by atomic mass is 16.5. The number of aromatic nitrogens is 5.